The van der Waals surface area contributed by atoms with Crippen LogP contribution in [0.2, 0.25) is 0 Å². The Bertz CT molecular complexity index is 3480. The summed E-state index contributed by atoms with van der Waals surface area (Å²) in [5, 5.41) is 0. The van der Waals surface area contributed by atoms with Crippen LogP contribution >= 0.6 is 0 Å². The van der Waals surface area contributed by atoms with Crippen molar-refractivity contribution in [2.75, 3.05) is 4.90 Å². The number of hydrogen-bond acceptors (Lipinski definition) is 4. The number of anilines is 3. The van der Waals surface area contributed by atoms with Gasteiger partial charge in [-0.3, -0.25) is 4.90 Å². The van der Waals surface area contributed by atoms with Crippen molar-refractivity contribution >= 4 is 17.3 Å². The Morgan fingerprint density at radius 1 is 0.313 bits per heavy atom. The van der Waals surface area contributed by atoms with Crippen LogP contribution in [0.5, 0.6) is 0 Å². The highest BCUT2D eigenvalue weighted by atomic mass is 15.3. The lowest BCUT2D eigenvalue weighted by Gasteiger charge is -2.31. The van der Waals surface area contributed by atoms with E-state index < -0.39 is 0 Å². The van der Waals surface area contributed by atoms with Crippen molar-refractivity contribution in [3.8, 4) is 67.3 Å². The SMILES string of the molecule is CC1(C)c2ccccc2-c2cc(-c3nc(-c4ccc5c(c4)-c4ccccc4C5(C)C)nc(N(c4ccc5c(c4)-c4ccccc4C5(C)C)c4cccc5c4C(C)(C)c4ccccc4-5)n3)ccc21. The van der Waals surface area contributed by atoms with Gasteiger partial charge < -0.3 is 0 Å². The molecular formula is C63H52N4. The molecule has 0 atom stereocenters. The standard InChI is InChI=1S/C63H52N4/c1-60(2)48-23-13-10-19-41(48)45-34-37(28-31-52(45)60)57-64-58(38-29-32-53-46(35-38)42-20-11-14-24-49(42)61(53,3)4)66-59(65-57)67(39-30-33-54-47(36-39)43-21-12-15-25-50(43)62(54,5)6)55-27-17-22-44-40-18-9-16-26-51(40)63(7,8)56(44)55/h9-36H,1-8H3. The fourth-order valence-electron chi connectivity index (χ4n) is 12.7. The summed E-state index contributed by atoms with van der Waals surface area (Å²) in [6.07, 6.45) is 0. The van der Waals surface area contributed by atoms with Gasteiger partial charge in [0.25, 0.3) is 0 Å². The largest absolute Gasteiger partial charge is 0.279 e. The molecule has 1 heterocycles. The number of aromatic nitrogens is 3. The monoisotopic (exact) mass is 864 g/mol. The first-order chi connectivity index (χ1) is 32.2. The number of nitrogens with zero attached hydrogens (tertiary/aromatic N) is 4. The van der Waals surface area contributed by atoms with Crippen LogP contribution in [-0.4, -0.2) is 15.0 Å². The lowest BCUT2D eigenvalue weighted by Crippen LogP contribution is -2.22. The molecule has 4 nitrogen and oxygen atoms in total. The minimum Gasteiger partial charge on any atom is -0.279 e. The van der Waals surface area contributed by atoms with E-state index in [4.69, 9.17) is 15.0 Å². The van der Waals surface area contributed by atoms with Crippen LogP contribution in [0.4, 0.5) is 17.3 Å². The Labute approximate surface area is 394 Å². The molecule has 324 valence electrons. The van der Waals surface area contributed by atoms with Crippen LogP contribution in [0.25, 0.3) is 67.3 Å². The van der Waals surface area contributed by atoms with Crippen molar-refractivity contribution < 1.29 is 0 Å². The van der Waals surface area contributed by atoms with E-state index in [1.54, 1.807) is 0 Å². The van der Waals surface area contributed by atoms with Gasteiger partial charge in [-0.25, -0.2) is 4.98 Å². The van der Waals surface area contributed by atoms with E-state index in [2.05, 4.69) is 230 Å². The maximum atomic E-state index is 5.62. The second kappa shape index (κ2) is 13.6. The summed E-state index contributed by atoms with van der Waals surface area (Å²) < 4.78 is 0. The molecule has 0 amide bonds. The van der Waals surface area contributed by atoms with Crippen LogP contribution in [0, 0.1) is 0 Å². The Morgan fingerprint density at radius 3 is 1.16 bits per heavy atom. The van der Waals surface area contributed by atoms with Crippen LogP contribution in [-0.2, 0) is 21.7 Å². The third-order valence-corrected chi connectivity index (χ3v) is 16.1. The van der Waals surface area contributed by atoms with Gasteiger partial charge in [0.1, 0.15) is 0 Å². The van der Waals surface area contributed by atoms with E-state index in [1.165, 1.54) is 89.0 Å². The summed E-state index contributed by atoms with van der Waals surface area (Å²) in [6.45, 7) is 18.7. The molecule has 4 heteroatoms. The summed E-state index contributed by atoms with van der Waals surface area (Å²) >= 11 is 0. The summed E-state index contributed by atoms with van der Waals surface area (Å²) in [5.41, 5.74) is 23.9. The molecule has 0 radical (unpaired) electrons. The fraction of sp³-hybridized carbons (Fsp3) is 0.190. The summed E-state index contributed by atoms with van der Waals surface area (Å²) in [4.78, 5) is 19.0. The summed E-state index contributed by atoms with van der Waals surface area (Å²) in [7, 11) is 0. The number of fused-ring (bicyclic) bond motifs is 12. The zero-order valence-electron chi connectivity index (χ0n) is 39.5. The highest BCUT2D eigenvalue weighted by Gasteiger charge is 2.42. The molecule has 1 aromatic heterocycles. The molecule has 0 saturated carbocycles. The molecule has 4 aliphatic carbocycles. The molecule has 0 spiro atoms. The van der Waals surface area contributed by atoms with Gasteiger partial charge in [0.15, 0.2) is 11.6 Å². The molecule has 0 N–H and O–H groups in total. The average molecular weight is 865 g/mol. The van der Waals surface area contributed by atoms with Gasteiger partial charge in [-0.2, -0.15) is 9.97 Å². The quantitative estimate of drug-likeness (QED) is 0.173. The van der Waals surface area contributed by atoms with E-state index in [1.807, 2.05) is 0 Å². The van der Waals surface area contributed by atoms with Gasteiger partial charge in [0.05, 0.1) is 5.69 Å². The summed E-state index contributed by atoms with van der Waals surface area (Å²) in [5.74, 6) is 1.85. The number of rotatable bonds is 5. The highest BCUT2D eigenvalue weighted by molar-refractivity contribution is 5.93. The Hall–Kier alpha value is -7.43. The first-order valence-corrected chi connectivity index (χ1v) is 23.8. The minimum absolute atomic E-state index is 0.121. The van der Waals surface area contributed by atoms with E-state index in [0.29, 0.717) is 17.6 Å². The van der Waals surface area contributed by atoms with Gasteiger partial charge in [-0.15, -0.1) is 0 Å². The van der Waals surface area contributed by atoms with Crippen molar-refractivity contribution in [3.63, 3.8) is 0 Å². The molecule has 0 aliphatic heterocycles. The molecule has 0 saturated heterocycles. The zero-order valence-corrected chi connectivity index (χ0v) is 39.5. The van der Waals surface area contributed by atoms with Crippen LogP contribution < -0.4 is 4.90 Å². The average Bonchev–Trinajstić information content (AvgIpc) is 3.92. The first-order valence-electron chi connectivity index (χ1n) is 23.8. The van der Waals surface area contributed by atoms with E-state index in [9.17, 15) is 0 Å². The van der Waals surface area contributed by atoms with E-state index in [0.717, 1.165) is 22.5 Å². The molecule has 4 aliphatic rings. The van der Waals surface area contributed by atoms with Crippen molar-refractivity contribution in [2.45, 2.75) is 77.0 Å². The Morgan fingerprint density at radius 2 is 0.687 bits per heavy atom. The van der Waals surface area contributed by atoms with Gasteiger partial charge in [0, 0.05) is 38.5 Å². The summed E-state index contributed by atoms with van der Waals surface area (Å²) in [6, 6.07) is 62.8. The Balaban J connectivity index is 1.09. The van der Waals surface area contributed by atoms with Gasteiger partial charge >= 0.3 is 0 Å². The maximum Gasteiger partial charge on any atom is 0.238 e. The van der Waals surface area contributed by atoms with Gasteiger partial charge in [0.2, 0.25) is 5.95 Å². The van der Waals surface area contributed by atoms with Crippen LogP contribution in [0.1, 0.15) is 99.9 Å². The highest BCUT2D eigenvalue weighted by Crippen LogP contribution is 2.56. The topological polar surface area (TPSA) is 41.9 Å². The Kier molecular flexibility index (Phi) is 8.08. The fourth-order valence-corrected chi connectivity index (χ4v) is 12.7. The van der Waals surface area contributed by atoms with E-state index >= 15 is 0 Å². The smallest absolute Gasteiger partial charge is 0.238 e. The molecule has 13 rings (SSSR count). The third kappa shape index (κ3) is 5.44. The second-order valence-electron chi connectivity index (χ2n) is 21.3. The maximum absolute atomic E-state index is 5.62. The predicted octanol–water partition coefficient (Wildman–Crippen LogP) is 15.9. The first kappa shape index (κ1) is 39.9. The van der Waals surface area contributed by atoms with Crippen molar-refractivity contribution in [1.29, 1.82) is 0 Å². The van der Waals surface area contributed by atoms with Crippen molar-refractivity contribution in [3.05, 3.63) is 214 Å². The molecule has 67 heavy (non-hydrogen) atoms. The lowest BCUT2D eigenvalue weighted by atomic mass is 9.81. The molecule has 9 aromatic rings. The third-order valence-electron chi connectivity index (χ3n) is 16.1. The van der Waals surface area contributed by atoms with E-state index in [-0.39, 0.29) is 21.7 Å². The van der Waals surface area contributed by atoms with Gasteiger partial charge in [-0.05, 0) is 119 Å². The minimum atomic E-state index is -0.300. The molecule has 0 unspecified atom stereocenters. The predicted molar refractivity (Wildman–Crippen MR) is 276 cm³/mol. The zero-order chi connectivity index (χ0) is 45.8. The second-order valence-corrected chi connectivity index (χ2v) is 21.3. The van der Waals surface area contributed by atoms with Crippen molar-refractivity contribution in [2.24, 2.45) is 0 Å². The molecule has 8 aromatic carbocycles. The normalized spacial score (nSPS) is 16.2. The number of benzene rings is 8. The van der Waals surface area contributed by atoms with Crippen LogP contribution in [0.3, 0.4) is 0 Å². The lowest BCUT2D eigenvalue weighted by molar-refractivity contribution is 0.659. The van der Waals surface area contributed by atoms with Crippen LogP contribution in [0.15, 0.2) is 170 Å². The van der Waals surface area contributed by atoms with Crippen molar-refractivity contribution in [1.82, 2.24) is 15.0 Å². The molecule has 0 fully saturated rings. The number of hydrogen-bond donors (Lipinski definition) is 0. The van der Waals surface area contributed by atoms with Gasteiger partial charge in [-0.1, -0.05) is 195 Å². The molecular weight excluding hydrogens is 813 g/mol. The molecule has 0 bridgehead atoms.